The number of nitrogens with zero attached hydrogens (tertiary/aromatic N) is 5. The van der Waals surface area contributed by atoms with Crippen LogP contribution in [-0.2, 0) is 30.7 Å². The number of pyridine rings is 2. The molecule has 7 nitrogen and oxygen atoms in total. The first kappa shape index (κ1) is 22.1. The lowest BCUT2D eigenvalue weighted by molar-refractivity contribution is -0.117. The lowest BCUT2D eigenvalue weighted by Gasteiger charge is -2.21. The van der Waals surface area contributed by atoms with Gasteiger partial charge in [-0.2, -0.15) is 0 Å². The summed E-state index contributed by atoms with van der Waals surface area (Å²) in [6.45, 7) is 2.15. The molecule has 0 saturated heterocycles. The fourth-order valence-electron chi connectivity index (χ4n) is 4.56. The number of likely N-dealkylation sites (N-methyl/N-ethyl adjacent to an activating group) is 1. The minimum Gasteiger partial charge on any atom is -0.392 e. The Hall–Kier alpha value is -3.71. The van der Waals surface area contributed by atoms with E-state index >= 15 is 0 Å². The van der Waals surface area contributed by atoms with Gasteiger partial charge in [-0.25, -0.2) is 9.97 Å². The molecule has 0 bridgehead atoms. The Kier molecular flexibility index (Phi) is 6.02. The van der Waals surface area contributed by atoms with Crippen LogP contribution in [0.5, 0.6) is 0 Å². The normalized spacial score (nSPS) is 12.7. The molecule has 5 rings (SSSR count). The first-order valence-corrected chi connectivity index (χ1v) is 11.5. The summed E-state index contributed by atoms with van der Waals surface area (Å²) in [4.78, 5) is 33.3. The van der Waals surface area contributed by atoms with Crippen LogP contribution in [0.2, 0.25) is 0 Å². The van der Waals surface area contributed by atoms with Crippen molar-refractivity contribution < 1.29 is 9.90 Å². The maximum atomic E-state index is 12.8. The zero-order valence-electron chi connectivity index (χ0n) is 19.5. The van der Waals surface area contributed by atoms with Gasteiger partial charge in [-0.1, -0.05) is 24.3 Å². The van der Waals surface area contributed by atoms with Crippen molar-refractivity contribution in [2.24, 2.45) is 0 Å². The minimum atomic E-state index is -0.0432. The van der Waals surface area contributed by atoms with E-state index in [1.54, 1.807) is 12.4 Å². The highest BCUT2D eigenvalue weighted by Gasteiger charge is 2.23. The number of aliphatic hydroxyl groups excluding tert-OH is 1. The lowest BCUT2D eigenvalue weighted by atomic mass is 10.1. The van der Waals surface area contributed by atoms with E-state index in [0.29, 0.717) is 17.9 Å². The van der Waals surface area contributed by atoms with Gasteiger partial charge in [0.25, 0.3) is 0 Å². The molecular formula is C27H27N5O2. The average molecular weight is 454 g/mol. The second kappa shape index (κ2) is 9.27. The number of hydrogen-bond acceptors (Lipinski definition) is 7. The molecule has 0 aliphatic heterocycles. The van der Waals surface area contributed by atoms with Gasteiger partial charge in [-0.05, 0) is 54.8 Å². The van der Waals surface area contributed by atoms with Crippen LogP contribution in [0.15, 0.2) is 48.8 Å². The number of rotatable bonds is 7. The Morgan fingerprint density at radius 1 is 1.09 bits per heavy atom. The molecule has 0 atom stereocenters. The Labute approximate surface area is 198 Å². The predicted molar refractivity (Wildman–Crippen MR) is 132 cm³/mol. The van der Waals surface area contributed by atoms with Gasteiger partial charge < -0.3 is 10.0 Å². The van der Waals surface area contributed by atoms with Gasteiger partial charge in [0, 0.05) is 48.2 Å². The van der Waals surface area contributed by atoms with E-state index in [1.165, 1.54) is 0 Å². The van der Waals surface area contributed by atoms with Crippen LogP contribution in [0.1, 0.15) is 34.5 Å². The summed E-state index contributed by atoms with van der Waals surface area (Å²) in [5.41, 5.74) is 5.50. The number of carbonyl (C=O) groups excluding carboxylic acids is 1. The van der Waals surface area contributed by atoms with Gasteiger partial charge in [0.15, 0.2) is 11.6 Å². The van der Waals surface area contributed by atoms with E-state index in [2.05, 4.69) is 9.97 Å². The van der Waals surface area contributed by atoms with Crippen molar-refractivity contribution in [3.8, 4) is 11.5 Å². The summed E-state index contributed by atoms with van der Waals surface area (Å²) in [5, 5.41) is 11.7. The van der Waals surface area contributed by atoms with Gasteiger partial charge in [-0.15, -0.1) is 0 Å². The molecule has 1 N–H and O–H groups in total. The number of ketones is 1. The molecule has 0 unspecified atom stereocenters. The highest BCUT2D eigenvalue weighted by atomic mass is 16.3. The van der Waals surface area contributed by atoms with Crippen LogP contribution in [0.25, 0.3) is 22.3 Å². The monoisotopic (exact) mass is 453 g/mol. The van der Waals surface area contributed by atoms with Crippen LogP contribution >= 0.6 is 0 Å². The van der Waals surface area contributed by atoms with Crippen molar-refractivity contribution in [1.82, 2.24) is 19.9 Å². The number of fused-ring (bicyclic) bond motifs is 2. The summed E-state index contributed by atoms with van der Waals surface area (Å²) < 4.78 is 0. The number of Topliss-reactive ketones (excluding diaryl/α,β-unsaturated/α-hetero) is 1. The van der Waals surface area contributed by atoms with Crippen molar-refractivity contribution >= 4 is 22.4 Å². The third-order valence-electron chi connectivity index (χ3n) is 6.31. The zero-order valence-corrected chi connectivity index (χ0v) is 19.5. The molecule has 172 valence electrons. The van der Waals surface area contributed by atoms with Crippen LogP contribution in [0, 0.1) is 6.92 Å². The smallest absolute Gasteiger partial charge is 0.180 e. The van der Waals surface area contributed by atoms with Crippen LogP contribution in [0.4, 0.5) is 5.82 Å². The average Bonchev–Trinajstić information content (AvgIpc) is 3.33. The largest absolute Gasteiger partial charge is 0.392 e. The summed E-state index contributed by atoms with van der Waals surface area (Å²) in [6.07, 6.45) is 6.73. The number of aliphatic hydroxyl groups is 1. The summed E-state index contributed by atoms with van der Waals surface area (Å²) in [7, 11) is 1.91. The molecular weight excluding hydrogens is 426 g/mol. The van der Waals surface area contributed by atoms with Crippen LogP contribution in [-0.4, -0.2) is 44.4 Å². The highest BCUT2D eigenvalue weighted by Crippen LogP contribution is 2.31. The summed E-state index contributed by atoms with van der Waals surface area (Å²) >= 11 is 0. The van der Waals surface area contributed by atoms with E-state index in [0.717, 1.165) is 63.9 Å². The van der Waals surface area contributed by atoms with E-state index in [9.17, 15) is 9.90 Å². The number of aryl methyl sites for hydroxylation is 2. The Morgan fingerprint density at radius 2 is 1.97 bits per heavy atom. The quantitative estimate of drug-likeness (QED) is 0.457. The van der Waals surface area contributed by atoms with Crippen molar-refractivity contribution in [1.29, 1.82) is 0 Å². The molecule has 1 aromatic carbocycles. The Morgan fingerprint density at radius 3 is 2.76 bits per heavy atom. The van der Waals surface area contributed by atoms with Gasteiger partial charge in [-0.3, -0.25) is 14.8 Å². The molecule has 3 heterocycles. The Bertz CT molecular complexity index is 1370. The van der Waals surface area contributed by atoms with E-state index in [1.807, 2.05) is 55.3 Å². The predicted octanol–water partition coefficient (Wildman–Crippen LogP) is 3.62. The maximum Gasteiger partial charge on any atom is 0.180 e. The maximum absolute atomic E-state index is 12.8. The van der Waals surface area contributed by atoms with E-state index in [-0.39, 0.29) is 18.9 Å². The second-order valence-corrected chi connectivity index (χ2v) is 8.89. The summed E-state index contributed by atoms with van der Waals surface area (Å²) in [6, 6.07) is 11.6. The molecule has 1 aliphatic rings. The number of benzene rings is 1. The fourth-order valence-corrected chi connectivity index (χ4v) is 4.56. The molecule has 7 heteroatoms. The molecule has 34 heavy (non-hydrogen) atoms. The lowest BCUT2D eigenvalue weighted by Crippen LogP contribution is -2.28. The Balaban J connectivity index is 1.45. The van der Waals surface area contributed by atoms with Crippen LogP contribution in [0.3, 0.4) is 0 Å². The number of carbonyl (C=O) groups is 1. The standard InChI is InChI=1S/C27H27N5O2/c1-17-9-10-18(13-28-17)11-21(34)15-32(2)27-22-7-4-8-24(22)30-26(31-27)25-12-23-19(14-29-25)5-3-6-20(23)16-33/h3,5-6,9-10,12-14,33H,4,7-8,11,15-16H2,1-2H3. The van der Waals surface area contributed by atoms with Crippen molar-refractivity contribution in [2.75, 3.05) is 18.5 Å². The number of hydrogen-bond donors (Lipinski definition) is 1. The third-order valence-corrected chi connectivity index (χ3v) is 6.31. The molecule has 4 aromatic rings. The van der Waals surface area contributed by atoms with E-state index < -0.39 is 0 Å². The molecule has 3 aromatic heterocycles. The van der Waals surface area contributed by atoms with Crippen molar-refractivity contribution in [3.63, 3.8) is 0 Å². The van der Waals surface area contributed by atoms with Crippen molar-refractivity contribution in [3.05, 3.63) is 76.9 Å². The van der Waals surface area contributed by atoms with Gasteiger partial charge in [0.05, 0.1) is 13.2 Å². The van der Waals surface area contributed by atoms with Gasteiger partial charge >= 0.3 is 0 Å². The van der Waals surface area contributed by atoms with Crippen molar-refractivity contribution in [2.45, 2.75) is 39.2 Å². The molecule has 0 amide bonds. The molecule has 0 spiro atoms. The summed E-state index contributed by atoms with van der Waals surface area (Å²) in [5.74, 6) is 1.45. The molecule has 0 saturated carbocycles. The van der Waals surface area contributed by atoms with Gasteiger partial charge in [0.2, 0.25) is 0 Å². The second-order valence-electron chi connectivity index (χ2n) is 8.89. The van der Waals surface area contributed by atoms with Crippen LogP contribution < -0.4 is 4.90 Å². The topological polar surface area (TPSA) is 92.1 Å². The zero-order chi connectivity index (χ0) is 23.7. The fraction of sp³-hybridized carbons (Fsp3) is 0.296. The molecule has 1 aliphatic carbocycles. The van der Waals surface area contributed by atoms with Gasteiger partial charge in [0.1, 0.15) is 11.5 Å². The third kappa shape index (κ3) is 4.39. The number of aromatic nitrogens is 4. The molecule has 0 radical (unpaired) electrons. The van der Waals surface area contributed by atoms with E-state index in [4.69, 9.17) is 9.97 Å². The highest BCUT2D eigenvalue weighted by molar-refractivity contribution is 5.88. The molecule has 0 fully saturated rings. The number of anilines is 1. The first-order valence-electron chi connectivity index (χ1n) is 11.5. The first-order chi connectivity index (χ1) is 16.5. The minimum absolute atomic E-state index is 0.0432. The SMILES string of the molecule is Cc1ccc(CC(=O)CN(C)c2nc(-c3cc4c(CO)cccc4cn3)nc3c2CCC3)cn1.